The highest BCUT2D eigenvalue weighted by Gasteiger charge is 2.44. The van der Waals surface area contributed by atoms with Crippen molar-refractivity contribution in [2.24, 2.45) is 0 Å². The molecule has 0 fully saturated rings. The van der Waals surface area contributed by atoms with Crippen molar-refractivity contribution < 1.29 is 24.2 Å². The van der Waals surface area contributed by atoms with Crippen LogP contribution in [-0.2, 0) is 14.4 Å². The summed E-state index contributed by atoms with van der Waals surface area (Å²) in [5.74, 6) is -0.640. The molecule has 3 aliphatic rings. The topological polar surface area (TPSA) is 83.9 Å². The smallest absolute Gasteiger partial charge is 0.305 e. The highest BCUT2D eigenvalue weighted by atomic mass is 16.5. The zero-order valence-electron chi connectivity index (χ0n) is 17.6. The van der Waals surface area contributed by atoms with Crippen LogP contribution in [0.5, 0.6) is 5.75 Å². The fraction of sp³-hybridized carbons (Fsp3) is 0.400. The van der Waals surface area contributed by atoms with Gasteiger partial charge in [0, 0.05) is 53.4 Å². The number of carbonyl (C=O) groups is 3. The molecule has 1 aromatic rings. The van der Waals surface area contributed by atoms with Crippen molar-refractivity contribution in [2.75, 3.05) is 13.2 Å². The molecule has 0 spiro atoms. The van der Waals surface area contributed by atoms with E-state index in [1.807, 2.05) is 29.2 Å². The van der Waals surface area contributed by atoms with Gasteiger partial charge in [0.15, 0.2) is 11.6 Å². The Labute approximate surface area is 181 Å². The van der Waals surface area contributed by atoms with Crippen molar-refractivity contribution in [3.63, 3.8) is 0 Å². The van der Waals surface area contributed by atoms with Crippen molar-refractivity contribution in [1.82, 2.24) is 4.90 Å². The number of ether oxygens (including phenoxy) is 1. The highest BCUT2D eigenvalue weighted by Crippen LogP contribution is 2.50. The predicted octanol–water partition coefficient (Wildman–Crippen LogP) is 4.14. The van der Waals surface area contributed by atoms with Crippen LogP contribution in [-0.4, -0.2) is 40.7 Å². The van der Waals surface area contributed by atoms with Crippen molar-refractivity contribution in [3.8, 4) is 5.75 Å². The highest BCUT2D eigenvalue weighted by molar-refractivity contribution is 6.06. The molecule has 6 heteroatoms. The molecule has 1 aromatic carbocycles. The predicted molar refractivity (Wildman–Crippen MR) is 116 cm³/mol. The maximum absolute atomic E-state index is 13.2. The van der Waals surface area contributed by atoms with E-state index in [0.29, 0.717) is 49.2 Å². The number of benzene rings is 1. The van der Waals surface area contributed by atoms with Gasteiger partial charge >= 0.3 is 5.97 Å². The molecule has 0 amide bonds. The molecular weight excluding hydrogens is 394 g/mol. The van der Waals surface area contributed by atoms with Gasteiger partial charge < -0.3 is 14.7 Å². The second-order valence-corrected chi connectivity index (χ2v) is 8.14. The number of carboxylic acids is 1. The quantitative estimate of drug-likeness (QED) is 0.666. The Balaban J connectivity index is 1.91. The lowest BCUT2D eigenvalue weighted by molar-refractivity contribution is -0.137. The van der Waals surface area contributed by atoms with Crippen molar-refractivity contribution in [3.05, 3.63) is 65.0 Å². The van der Waals surface area contributed by atoms with Gasteiger partial charge in [-0.15, -0.1) is 0 Å². The van der Waals surface area contributed by atoms with Crippen LogP contribution >= 0.6 is 0 Å². The number of carbonyl (C=O) groups excluding carboxylic acids is 2. The Morgan fingerprint density at radius 2 is 1.68 bits per heavy atom. The van der Waals surface area contributed by atoms with Gasteiger partial charge in [-0.25, -0.2) is 0 Å². The summed E-state index contributed by atoms with van der Waals surface area (Å²) in [5.41, 5.74) is 3.86. The minimum atomic E-state index is -0.890. The molecule has 0 radical (unpaired) electrons. The zero-order chi connectivity index (χ0) is 22.0. The van der Waals surface area contributed by atoms with Gasteiger partial charge in [-0.2, -0.15) is 0 Å². The second kappa shape index (κ2) is 8.92. The number of Topliss-reactive ketones (excluding diaryl/α,β-unsaturated/α-hetero) is 2. The van der Waals surface area contributed by atoms with Crippen molar-refractivity contribution >= 4 is 17.5 Å². The van der Waals surface area contributed by atoms with E-state index < -0.39 is 11.9 Å². The molecule has 31 heavy (non-hydrogen) atoms. The fourth-order valence-electron chi connectivity index (χ4n) is 5.00. The summed E-state index contributed by atoms with van der Waals surface area (Å²) in [5, 5.41) is 9.27. The molecule has 1 aliphatic heterocycles. The Kier molecular flexibility index (Phi) is 6.07. The molecule has 162 valence electrons. The summed E-state index contributed by atoms with van der Waals surface area (Å²) >= 11 is 0. The molecule has 2 aliphatic carbocycles. The van der Waals surface area contributed by atoms with Crippen LogP contribution in [0.15, 0.2) is 59.5 Å². The van der Waals surface area contributed by atoms with E-state index in [1.165, 1.54) is 0 Å². The van der Waals surface area contributed by atoms with Crippen LogP contribution < -0.4 is 4.74 Å². The number of allylic oxidation sites excluding steroid dienone is 4. The Bertz CT molecular complexity index is 959. The van der Waals surface area contributed by atoms with Crippen LogP contribution in [0.3, 0.4) is 0 Å². The Morgan fingerprint density at radius 3 is 2.26 bits per heavy atom. The molecule has 6 nitrogen and oxygen atoms in total. The minimum Gasteiger partial charge on any atom is -0.489 e. The summed E-state index contributed by atoms with van der Waals surface area (Å²) in [6, 6.07) is 7.56. The third kappa shape index (κ3) is 3.94. The van der Waals surface area contributed by atoms with Crippen LogP contribution in [0.4, 0.5) is 0 Å². The average Bonchev–Trinajstić information content (AvgIpc) is 2.76. The third-order valence-corrected chi connectivity index (χ3v) is 6.22. The first-order chi connectivity index (χ1) is 15.0. The maximum atomic E-state index is 13.2. The summed E-state index contributed by atoms with van der Waals surface area (Å²) < 4.78 is 5.90. The molecule has 0 saturated carbocycles. The van der Waals surface area contributed by atoms with E-state index in [2.05, 4.69) is 6.58 Å². The number of rotatable bonds is 7. The molecule has 0 aromatic heterocycles. The first kappa shape index (κ1) is 21.1. The van der Waals surface area contributed by atoms with Gasteiger partial charge in [0.1, 0.15) is 12.4 Å². The number of aliphatic carboxylic acids is 1. The van der Waals surface area contributed by atoms with E-state index in [1.54, 1.807) is 6.08 Å². The van der Waals surface area contributed by atoms with E-state index in [9.17, 15) is 19.5 Å². The van der Waals surface area contributed by atoms with E-state index in [4.69, 9.17) is 4.74 Å². The van der Waals surface area contributed by atoms with Crippen LogP contribution in [0, 0.1) is 0 Å². The van der Waals surface area contributed by atoms with Crippen LogP contribution in [0.2, 0.25) is 0 Å². The number of nitrogens with zero attached hydrogens (tertiary/aromatic N) is 1. The summed E-state index contributed by atoms with van der Waals surface area (Å²) in [6.07, 6.45) is 5.38. The summed E-state index contributed by atoms with van der Waals surface area (Å²) in [4.78, 5) is 39.7. The van der Waals surface area contributed by atoms with Gasteiger partial charge in [0.25, 0.3) is 0 Å². The van der Waals surface area contributed by atoms with Gasteiger partial charge in [-0.1, -0.05) is 30.9 Å². The largest absolute Gasteiger partial charge is 0.489 e. The zero-order valence-corrected chi connectivity index (χ0v) is 17.6. The SMILES string of the molecule is C=CCOc1ccccc1C1C2=C(CCCC2=O)N(CCC(=O)O)C2=C1C(=O)CCC2. The van der Waals surface area contributed by atoms with E-state index >= 15 is 0 Å². The lowest BCUT2D eigenvalue weighted by Gasteiger charge is -2.44. The number of carboxylic acid groups (broad SMARTS) is 1. The third-order valence-electron chi connectivity index (χ3n) is 6.22. The lowest BCUT2D eigenvalue weighted by Crippen LogP contribution is -2.40. The van der Waals surface area contributed by atoms with Gasteiger partial charge in [0.2, 0.25) is 0 Å². The molecule has 0 saturated heterocycles. The molecule has 1 heterocycles. The normalized spacial score (nSPS) is 19.3. The molecule has 0 bridgehead atoms. The molecule has 4 rings (SSSR count). The minimum absolute atomic E-state index is 0.0371. The van der Waals surface area contributed by atoms with E-state index in [0.717, 1.165) is 29.8 Å². The summed E-state index contributed by atoms with van der Waals surface area (Å²) in [6.45, 7) is 4.31. The maximum Gasteiger partial charge on any atom is 0.305 e. The fourth-order valence-corrected chi connectivity index (χ4v) is 5.00. The summed E-state index contributed by atoms with van der Waals surface area (Å²) in [7, 11) is 0. The van der Waals surface area contributed by atoms with Gasteiger partial charge in [0.05, 0.1) is 6.42 Å². The van der Waals surface area contributed by atoms with Crippen LogP contribution in [0.1, 0.15) is 56.4 Å². The van der Waals surface area contributed by atoms with E-state index in [-0.39, 0.29) is 24.5 Å². The average molecular weight is 421 g/mol. The monoisotopic (exact) mass is 421 g/mol. The van der Waals surface area contributed by atoms with Gasteiger partial charge in [-0.3, -0.25) is 14.4 Å². The molecule has 0 atom stereocenters. The van der Waals surface area contributed by atoms with Crippen molar-refractivity contribution in [1.29, 1.82) is 0 Å². The van der Waals surface area contributed by atoms with Crippen LogP contribution in [0.25, 0.3) is 0 Å². The standard InChI is InChI=1S/C25H27NO5/c1-2-15-31-21-12-4-3-7-16(21)23-24-17(8-5-10-19(24)27)26(14-13-22(29)30)18-9-6-11-20(28)25(18)23/h2-4,7,12,23H,1,5-6,8-11,13-15H2,(H,29,30). The Morgan fingerprint density at radius 1 is 1.06 bits per heavy atom. The molecular formula is C25H27NO5. The number of ketones is 2. The molecule has 1 N–H and O–H groups in total. The first-order valence-corrected chi connectivity index (χ1v) is 10.9. The van der Waals surface area contributed by atoms with Gasteiger partial charge in [-0.05, 0) is 31.7 Å². The second-order valence-electron chi connectivity index (χ2n) is 8.14. The lowest BCUT2D eigenvalue weighted by atomic mass is 9.70. The Hall–Kier alpha value is -3.15. The number of hydrogen-bond donors (Lipinski definition) is 1. The number of para-hydroxylation sites is 1. The molecule has 0 unspecified atom stereocenters. The van der Waals surface area contributed by atoms with Crippen molar-refractivity contribution in [2.45, 2.75) is 50.9 Å². The number of hydrogen-bond acceptors (Lipinski definition) is 5. The first-order valence-electron chi connectivity index (χ1n) is 10.9.